The molecule has 1 saturated carbocycles. The van der Waals surface area contributed by atoms with E-state index in [0.717, 1.165) is 18.8 Å². The maximum absolute atomic E-state index is 11.0. The average molecular weight is 262 g/mol. The first-order chi connectivity index (χ1) is 9.20. The number of nitrogens with zero attached hydrogens (tertiary/aromatic N) is 2. The predicted octanol–water partition coefficient (Wildman–Crippen LogP) is 4.00. The van der Waals surface area contributed by atoms with Gasteiger partial charge in [-0.1, -0.05) is 26.0 Å². The largest absolute Gasteiger partial charge is 0.366 e. The Morgan fingerprint density at radius 3 is 2.21 bits per heavy atom. The number of para-hydroxylation sites is 2. The van der Waals surface area contributed by atoms with Crippen LogP contribution in [0.1, 0.15) is 39.5 Å². The van der Waals surface area contributed by atoms with Gasteiger partial charge in [0.05, 0.1) is 4.92 Å². The van der Waals surface area contributed by atoms with Gasteiger partial charge in [-0.2, -0.15) is 0 Å². The Hall–Kier alpha value is -1.58. The van der Waals surface area contributed by atoms with Gasteiger partial charge < -0.3 is 4.90 Å². The summed E-state index contributed by atoms with van der Waals surface area (Å²) in [5.41, 5.74) is 1.63. The monoisotopic (exact) mass is 262 g/mol. The van der Waals surface area contributed by atoms with E-state index in [0.29, 0.717) is 5.41 Å². The van der Waals surface area contributed by atoms with Gasteiger partial charge in [0.25, 0.3) is 5.69 Å². The van der Waals surface area contributed by atoms with Crippen molar-refractivity contribution >= 4 is 11.4 Å². The molecule has 4 heteroatoms. The molecule has 1 aromatic carbocycles. The van der Waals surface area contributed by atoms with Crippen LogP contribution in [0.5, 0.6) is 0 Å². The lowest BCUT2D eigenvalue weighted by molar-refractivity contribution is -0.384. The number of hydrogen-bond acceptors (Lipinski definition) is 3. The van der Waals surface area contributed by atoms with Gasteiger partial charge in [-0.25, -0.2) is 0 Å². The van der Waals surface area contributed by atoms with Gasteiger partial charge >= 0.3 is 0 Å². The number of rotatable bonds is 2. The maximum Gasteiger partial charge on any atom is 0.292 e. The number of benzene rings is 1. The van der Waals surface area contributed by atoms with Crippen LogP contribution in [-0.4, -0.2) is 18.0 Å². The van der Waals surface area contributed by atoms with Crippen LogP contribution in [0.4, 0.5) is 11.4 Å². The Balaban J connectivity index is 0.000000637. The summed E-state index contributed by atoms with van der Waals surface area (Å²) in [5, 5.41) is 11.0. The fourth-order valence-corrected chi connectivity index (χ4v) is 2.78. The average Bonchev–Trinajstić information content (AvgIpc) is 3.21. The highest BCUT2D eigenvalue weighted by molar-refractivity contribution is 5.63. The second-order valence-electron chi connectivity index (χ2n) is 5.23. The van der Waals surface area contributed by atoms with Gasteiger partial charge in [-0.15, -0.1) is 0 Å². The van der Waals surface area contributed by atoms with Gasteiger partial charge in [-0.3, -0.25) is 10.1 Å². The van der Waals surface area contributed by atoms with Crippen molar-refractivity contribution in [3.8, 4) is 0 Å². The quantitative estimate of drug-likeness (QED) is 0.597. The van der Waals surface area contributed by atoms with Gasteiger partial charge in [0.2, 0.25) is 0 Å². The van der Waals surface area contributed by atoms with E-state index < -0.39 is 0 Å². The summed E-state index contributed by atoms with van der Waals surface area (Å²) in [6, 6.07) is 7.07. The van der Waals surface area contributed by atoms with E-state index in [1.807, 2.05) is 26.0 Å². The van der Waals surface area contributed by atoms with Crippen molar-refractivity contribution in [1.29, 1.82) is 0 Å². The van der Waals surface area contributed by atoms with E-state index in [-0.39, 0.29) is 10.6 Å². The van der Waals surface area contributed by atoms with Crippen LogP contribution >= 0.6 is 0 Å². The van der Waals surface area contributed by atoms with Gasteiger partial charge in [0.1, 0.15) is 5.69 Å². The Bertz CT molecular complexity index is 445. The minimum Gasteiger partial charge on any atom is -0.366 e. The van der Waals surface area contributed by atoms with E-state index in [2.05, 4.69) is 4.90 Å². The lowest BCUT2D eigenvalue weighted by Gasteiger charge is -2.33. The SMILES string of the molecule is CC.O=[N+]([O-])c1ccccc1N1CCC2(CC1)CC2. The van der Waals surface area contributed by atoms with E-state index in [1.54, 1.807) is 12.1 Å². The van der Waals surface area contributed by atoms with Gasteiger partial charge in [-0.05, 0) is 37.2 Å². The molecule has 0 N–H and O–H groups in total. The number of nitro groups is 1. The summed E-state index contributed by atoms with van der Waals surface area (Å²) in [6.45, 7) is 5.93. The highest BCUT2D eigenvalue weighted by atomic mass is 16.6. The van der Waals surface area contributed by atoms with Gasteiger partial charge in [0, 0.05) is 19.2 Å². The summed E-state index contributed by atoms with van der Waals surface area (Å²) < 4.78 is 0. The van der Waals surface area contributed by atoms with Crippen molar-refractivity contribution in [1.82, 2.24) is 0 Å². The van der Waals surface area contributed by atoms with Crippen LogP contribution < -0.4 is 4.90 Å². The second-order valence-corrected chi connectivity index (χ2v) is 5.23. The van der Waals surface area contributed by atoms with Crippen molar-refractivity contribution in [3.63, 3.8) is 0 Å². The first-order valence-corrected chi connectivity index (χ1v) is 7.19. The Labute approximate surface area is 114 Å². The Morgan fingerprint density at radius 2 is 1.68 bits per heavy atom. The summed E-state index contributed by atoms with van der Waals surface area (Å²) in [5.74, 6) is 0. The minimum atomic E-state index is -0.281. The first kappa shape index (κ1) is 13.8. The van der Waals surface area contributed by atoms with Crippen LogP contribution in [0, 0.1) is 15.5 Å². The van der Waals surface area contributed by atoms with Crippen LogP contribution in [0.15, 0.2) is 24.3 Å². The molecule has 0 atom stereocenters. The number of nitro benzene ring substituents is 1. The van der Waals surface area contributed by atoms with Crippen LogP contribution in [0.25, 0.3) is 0 Å². The molecule has 19 heavy (non-hydrogen) atoms. The molecular weight excluding hydrogens is 240 g/mol. The molecule has 0 aromatic heterocycles. The van der Waals surface area contributed by atoms with Crippen LogP contribution in [0.3, 0.4) is 0 Å². The molecule has 0 radical (unpaired) electrons. The zero-order chi connectivity index (χ0) is 13.9. The lowest BCUT2D eigenvalue weighted by Crippen LogP contribution is -2.34. The minimum absolute atomic E-state index is 0.235. The molecule has 3 rings (SSSR count). The Morgan fingerprint density at radius 1 is 1.11 bits per heavy atom. The third-order valence-electron chi connectivity index (χ3n) is 4.20. The van der Waals surface area contributed by atoms with Crippen molar-refractivity contribution < 1.29 is 4.92 Å². The van der Waals surface area contributed by atoms with Crippen LogP contribution in [0.2, 0.25) is 0 Å². The molecule has 0 unspecified atom stereocenters. The normalized spacial score (nSPS) is 19.6. The molecule has 1 aliphatic heterocycles. The topological polar surface area (TPSA) is 46.4 Å². The molecule has 104 valence electrons. The molecule has 1 saturated heterocycles. The van der Waals surface area contributed by atoms with Gasteiger partial charge in [0.15, 0.2) is 0 Å². The fourth-order valence-electron chi connectivity index (χ4n) is 2.78. The molecular formula is C15H22N2O2. The third kappa shape index (κ3) is 2.88. The van der Waals surface area contributed by atoms with Crippen molar-refractivity contribution in [2.45, 2.75) is 39.5 Å². The van der Waals surface area contributed by atoms with E-state index in [1.165, 1.54) is 25.7 Å². The molecule has 1 aliphatic carbocycles. The zero-order valence-corrected chi connectivity index (χ0v) is 11.8. The summed E-state index contributed by atoms with van der Waals surface area (Å²) >= 11 is 0. The maximum atomic E-state index is 11.0. The molecule has 4 nitrogen and oxygen atoms in total. The first-order valence-electron chi connectivity index (χ1n) is 7.19. The standard InChI is InChI=1S/C13H16N2O2.C2H6/c16-15(17)12-4-2-1-3-11(12)14-9-7-13(5-6-13)8-10-14;1-2/h1-4H,5-10H2;1-2H3. The molecule has 2 aliphatic rings. The molecule has 1 spiro atoms. The Kier molecular flexibility index (Phi) is 4.08. The van der Waals surface area contributed by atoms with E-state index in [4.69, 9.17) is 0 Å². The number of piperidine rings is 1. The molecule has 0 bridgehead atoms. The molecule has 1 aromatic rings. The third-order valence-corrected chi connectivity index (χ3v) is 4.20. The number of hydrogen-bond donors (Lipinski definition) is 0. The number of anilines is 1. The highest BCUT2D eigenvalue weighted by Gasteiger charge is 2.44. The van der Waals surface area contributed by atoms with E-state index >= 15 is 0 Å². The van der Waals surface area contributed by atoms with Crippen LogP contribution in [-0.2, 0) is 0 Å². The molecule has 2 fully saturated rings. The summed E-state index contributed by atoms with van der Waals surface area (Å²) in [7, 11) is 0. The van der Waals surface area contributed by atoms with Crippen molar-refractivity contribution in [3.05, 3.63) is 34.4 Å². The fraction of sp³-hybridized carbons (Fsp3) is 0.600. The lowest BCUT2D eigenvalue weighted by atomic mass is 9.93. The summed E-state index contributed by atoms with van der Waals surface area (Å²) in [4.78, 5) is 12.9. The van der Waals surface area contributed by atoms with E-state index in [9.17, 15) is 10.1 Å². The highest BCUT2D eigenvalue weighted by Crippen LogP contribution is 2.54. The second kappa shape index (κ2) is 5.59. The zero-order valence-electron chi connectivity index (χ0n) is 11.8. The smallest absolute Gasteiger partial charge is 0.292 e. The van der Waals surface area contributed by atoms with Crippen molar-refractivity contribution in [2.24, 2.45) is 5.41 Å². The molecule has 0 amide bonds. The summed E-state index contributed by atoms with van der Waals surface area (Å²) in [6.07, 6.45) is 5.10. The van der Waals surface area contributed by atoms with Crippen molar-refractivity contribution in [2.75, 3.05) is 18.0 Å². The predicted molar refractivity (Wildman–Crippen MR) is 77.6 cm³/mol. The molecule has 1 heterocycles.